The van der Waals surface area contributed by atoms with Crippen LogP contribution in [0.4, 0.5) is 10.1 Å². The summed E-state index contributed by atoms with van der Waals surface area (Å²) >= 11 is 0. The van der Waals surface area contributed by atoms with Gasteiger partial charge in [0.15, 0.2) is 0 Å². The van der Waals surface area contributed by atoms with Crippen molar-refractivity contribution in [3.8, 4) is 0 Å². The summed E-state index contributed by atoms with van der Waals surface area (Å²) in [5.41, 5.74) is 0.125. The molecule has 0 bridgehead atoms. The molecule has 18 heavy (non-hydrogen) atoms. The summed E-state index contributed by atoms with van der Waals surface area (Å²) in [5, 5.41) is 13.8. The number of hydrogen-bond acceptors (Lipinski definition) is 3. The van der Waals surface area contributed by atoms with E-state index in [-0.39, 0.29) is 6.04 Å². The van der Waals surface area contributed by atoms with Gasteiger partial charge in [-0.1, -0.05) is 25.1 Å². The van der Waals surface area contributed by atoms with Crippen LogP contribution in [0.1, 0.15) is 25.8 Å². The zero-order valence-corrected chi connectivity index (χ0v) is 10.5. The fourth-order valence-corrected chi connectivity index (χ4v) is 1.47. The van der Waals surface area contributed by atoms with Crippen LogP contribution < -0.4 is 5.32 Å². The Labute approximate surface area is 106 Å². The molecular weight excluding hydrogens is 235 g/mol. The lowest BCUT2D eigenvalue weighted by molar-refractivity contribution is -0.387. The summed E-state index contributed by atoms with van der Waals surface area (Å²) in [7, 11) is 0. The van der Waals surface area contributed by atoms with Crippen LogP contribution in [-0.4, -0.2) is 17.5 Å². The average molecular weight is 252 g/mol. The molecule has 0 aliphatic heterocycles. The minimum atomic E-state index is -0.811. The van der Waals surface area contributed by atoms with Crippen LogP contribution >= 0.6 is 0 Å². The van der Waals surface area contributed by atoms with Crippen molar-refractivity contribution in [1.29, 1.82) is 0 Å². The number of nitrogens with one attached hydrogen (secondary N) is 1. The third-order valence-electron chi connectivity index (χ3n) is 2.46. The van der Waals surface area contributed by atoms with E-state index in [9.17, 15) is 14.5 Å². The van der Waals surface area contributed by atoms with Crippen molar-refractivity contribution in [3.63, 3.8) is 0 Å². The van der Waals surface area contributed by atoms with E-state index in [0.29, 0.717) is 5.56 Å². The summed E-state index contributed by atoms with van der Waals surface area (Å²) in [6, 6.07) is 4.04. The lowest BCUT2D eigenvalue weighted by Gasteiger charge is -2.07. The molecule has 98 valence electrons. The first-order chi connectivity index (χ1) is 8.54. The molecule has 1 N–H and O–H groups in total. The zero-order valence-electron chi connectivity index (χ0n) is 10.5. The second-order valence-electron chi connectivity index (χ2n) is 4.07. The number of nitrogens with zero attached hydrogens (tertiary/aromatic N) is 1. The number of nitro groups is 1. The van der Waals surface area contributed by atoms with E-state index >= 15 is 0 Å². The third kappa shape index (κ3) is 4.25. The van der Waals surface area contributed by atoms with E-state index < -0.39 is 16.4 Å². The van der Waals surface area contributed by atoms with Gasteiger partial charge in [0.05, 0.1) is 4.92 Å². The van der Waals surface area contributed by atoms with Crippen molar-refractivity contribution >= 4 is 11.8 Å². The molecule has 0 saturated carbocycles. The molecule has 1 rings (SSSR count). The highest BCUT2D eigenvalue weighted by Crippen LogP contribution is 2.19. The van der Waals surface area contributed by atoms with Gasteiger partial charge in [0.25, 0.3) is 0 Å². The monoisotopic (exact) mass is 252 g/mol. The van der Waals surface area contributed by atoms with Crippen LogP contribution in [0.2, 0.25) is 0 Å². The molecule has 4 nitrogen and oxygen atoms in total. The molecule has 1 aromatic rings. The Kier molecular flexibility index (Phi) is 5.45. The van der Waals surface area contributed by atoms with E-state index in [4.69, 9.17) is 0 Å². The first kappa shape index (κ1) is 14.3. The first-order valence-corrected chi connectivity index (χ1v) is 5.90. The predicted octanol–water partition coefficient (Wildman–Crippen LogP) is 3.14. The molecule has 0 amide bonds. The molecule has 0 radical (unpaired) electrons. The second kappa shape index (κ2) is 6.86. The molecule has 1 aromatic carbocycles. The summed E-state index contributed by atoms with van der Waals surface area (Å²) < 4.78 is 13.1. The maximum absolute atomic E-state index is 13.1. The van der Waals surface area contributed by atoms with Gasteiger partial charge < -0.3 is 5.32 Å². The van der Waals surface area contributed by atoms with Crippen LogP contribution in [0.3, 0.4) is 0 Å². The van der Waals surface area contributed by atoms with Gasteiger partial charge in [-0.25, -0.2) is 0 Å². The van der Waals surface area contributed by atoms with E-state index in [2.05, 4.69) is 12.2 Å². The van der Waals surface area contributed by atoms with Gasteiger partial charge in [0.2, 0.25) is 5.82 Å². The molecule has 0 aromatic heterocycles. The Bertz CT molecular complexity index is 447. The van der Waals surface area contributed by atoms with Crippen LogP contribution in [0.5, 0.6) is 0 Å². The maximum Gasteiger partial charge on any atom is 0.305 e. The largest absolute Gasteiger partial charge is 0.311 e. The lowest BCUT2D eigenvalue weighted by Crippen LogP contribution is -2.24. The minimum Gasteiger partial charge on any atom is -0.311 e. The van der Waals surface area contributed by atoms with Crippen molar-refractivity contribution < 1.29 is 9.31 Å². The first-order valence-electron chi connectivity index (χ1n) is 5.90. The quantitative estimate of drug-likeness (QED) is 0.625. The molecule has 1 atom stereocenters. The highest BCUT2D eigenvalue weighted by Gasteiger charge is 2.13. The van der Waals surface area contributed by atoms with E-state index in [1.54, 1.807) is 6.08 Å². The minimum absolute atomic E-state index is 0.175. The number of hydrogen-bond donors (Lipinski definition) is 1. The fraction of sp³-hybridized carbons (Fsp3) is 0.385. The van der Waals surface area contributed by atoms with Crippen molar-refractivity contribution in [3.05, 3.63) is 45.8 Å². The Morgan fingerprint density at radius 2 is 2.28 bits per heavy atom. The van der Waals surface area contributed by atoms with Crippen LogP contribution in [-0.2, 0) is 0 Å². The Morgan fingerprint density at radius 3 is 2.89 bits per heavy atom. The van der Waals surface area contributed by atoms with E-state index in [1.807, 2.05) is 13.0 Å². The summed E-state index contributed by atoms with van der Waals surface area (Å²) in [6.07, 6.45) is 4.69. The van der Waals surface area contributed by atoms with Gasteiger partial charge in [0.1, 0.15) is 0 Å². The topological polar surface area (TPSA) is 55.2 Å². The van der Waals surface area contributed by atoms with Gasteiger partial charge in [-0.15, -0.1) is 0 Å². The second-order valence-corrected chi connectivity index (χ2v) is 4.07. The van der Waals surface area contributed by atoms with Crippen LogP contribution in [0, 0.1) is 15.9 Å². The van der Waals surface area contributed by atoms with E-state index in [1.165, 1.54) is 12.1 Å². The number of halogens is 1. The van der Waals surface area contributed by atoms with Gasteiger partial charge in [-0.3, -0.25) is 10.1 Å². The highest BCUT2D eigenvalue weighted by atomic mass is 19.1. The summed E-state index contributed by atoms with van der Waals surface area (Å²) in [5.74, 6) is -0.811. The number of nitro benzene ring substituents is 1. The molecule has 0 aliphatic carbocycles. The Hall–Kier alpha value is -1.75. The van der Waals surface area contributed by atoms with E-state index in [0.717, 1.165) is 19.0 Å². The number of rotatable bonds is 6. The maximum atomic E-state index is 13.1. The molecular formula is C13H17FN2O2. The van der Waals surface area contributed by atoms with Gasteiger partial charge >= 0.3 is 5.69 Å². The van der Waals surface area contributed by atoms with Gasteiger partial charge in [0, 0.05) is 12.1 Å². The Balaban J connectivity index is 2.76. The standard InChI is InChI=1S/C13H17FN2O2/c1-3-8-15-10(2)4-5-11-6-7-12(14)13(9-11)16(17)18/h4-7,9-10,15H,3,8H2,1-2H3/b5-4+. The van der Waals surface area contributed by atoms with Crippen molar-refractivity contribution in [2.24, 2.45) is 0 Å². The fourth-order valence-electron chi connectivity index (χ4n) is 1.47. The molecule has 0 fully saturated rings. The highest BCUT2D eigenvalue weighted by molar-refractivity contribution is 5.54. The normalized spacial score (nSPS) is 12.8. The van der Waals surface area contributed by atoms with Crippen LogP contribution in [0.25, 0.3) is 6.08 Å². The molecule has 0 spiro atoms. The van der Waals surface area contributed by atoms with Crippen molar-refractivity contribution in [1.82, 2.24) is 5.32 Å². The molecule has 0 aliphatic rings. The third-order valence-corrected chi connectivity index (χ3v) is 2.46. The number of benzene rings is 1. The summed E-state index contributed by atoms with van der Waals surface area (Å²) in [6.45, 7) is 4.98. The molecule has 5 heteroatoms. The lowest BCUT2D eigenvalue weighted by atomic mass is 10.1. The smallest absolute Gasteiger partial charge is 0.305 e. The zero-order chi connectivity index (χ0) is 13.5. The SMILES string of the molecule is CCCNC(C)/C=C/c1ccc(F)c([N+](=O)[O-])c1. The molecule has 0 heterocycles. The predicted molar refractivity (Wildman–Crippen MR) is 69.8 cm³/mol. The molecule has 1 unspecified atom stereocenters. The van der Waals surface area contributed by atoms with Crippen LogP contribution in [0.15, 0.2) is 24.3 Å². The van der Waals surface area contributed by atoms with Crippen molar-refractivity contribution in [2.75, 3.05) is 6.54 Å². The summed E-state index contributed by atoms with van der Waals surface area (Å²) in [4.78, 5) is 9.87. The average Bonchev–Trinajstić information content (AvgIpc) is 2.35. The van der Waals surface area contributed by atoms with Crippen molar-refractivity contribution in [2.45, 2.75) is 26.3 Å². The van der Waals surface area contributed by atoms with Gasteiger partial charge in [-0.05, 0) is 31.5 Å². The van der Waals surface area contributed by atoms with Gasteiger partial charge in [-0.2, -0.15) is 4.39 Å². The molecule has 0 saturated heterocycles. The Morgan fingerprint density at radius 1 is 1.56 bits per heavy atom.